The van der Waals surface area contributed by atoms with Crippen molar-refractivity contribution in [2.24, 2.45) is 11.7 Å². The molecule has 2 unspecified atom stereocenters. The third kappa shape index (κ3) is 3.07. The van der Waals surface area contributed by atoms with Crippen molar-refractivity contribution in [2.45, 2.75) is 63.5 Å². The zero-order valence-corrected chi connectivity index (χ0v) is 12.3. The van der Waals surface area contributed by atoms with E-state index in [1.54, 1.807) is 0 Å². The summed E-state index contributed by atoms with van der Waals surface area (Å²) in [6.45, 7) is 1.66. The molecule has 2 fully saturated rings. The lowest BCUT2D eigenvalue weighted by Gasteiger charge is -2.26. The first-order chi connectivity index (χ1) is 9.86. The van der Waals surface area contributed by atoms with Crippen LogP contribution in [0.1, 0.15) is 69.1 Å². The van der Waals surface area contributed by atoms with Crippen LogP contribution in [-0.4, -0.2) is 22.8 Å². The minimum Gasteiger partial charge on any atom is -0.381 e. The molecule has 0 aromatic carbocycles. The summed E-state index contributed by atoms with van der Waals surface area (Å²) >= 11 is 0. The molecule has 1 aromatic heterocycles. The van der Waals surface area contributed by atoms with Crippen LogP contribution in [0.25, 0.3) is 0 Å². The minimum atomic E-state index is 0.0745. The van der Waals surface area contributed by atoms with Crippen molar-refractivity contribution in [1.82, 2.24) is 9.55 Å². The molecule has 112 valence electrons. The normalized spacial score (nSPS) is 27.1. The Kier molecular flexibility index (Phi) is 4.73. The minimum absolute atomic E-state index is 0.0745. The van der Waals surface area contributed by atoms with Crippen molar-refractivity contribution in [3.63, 3.8) is 0 Å². The van der Waals surface area contributed by atoms with Crippen molar-refractivity contribution >= 4 is 0 Å². The van der Waals surface area contributed by atoms with Gasteiger partial charge in [0, 0.05) is 24.8 Å². The van der Waals surface area contributed by atoms with Gasteiger partial charge in [0.2, 0.25) is 0 Å². The van der Waals surface area contributed by atoms with Gasteiger partial charge in [-0.1, -0.05) is 32.1 Å². The number of hydrogen-bond donors (Lipinski definition) is 1. The van der Waals surface area contributed by atoms with Gasteiger partial charge in [-0.2, -0.15) is 0 Å². The summed E-state index contributed by atoms with van der Waals surface area (Å²) in [4.78, 5) is 4.39. The van der Waals surface area contributed by atoms with Crippen LogP contribution in [0.3, 0.4) is 0 Å². The molecule has 0 amide bonds. The molecule has 4 nitrogen and oxygen atoms in total. The van der Waals surface area contributed by atoms with Crippen LogP contribution >= 0.6 is 0 Å². The molecular weight excluding hydrogens is 250 g/mol. The molecule has 2 aliphatic rings. The molecule has 20 heavy (non-hydrogen) atoms. The van der Waals surface area contributed by atoms with Crippen LogP contribution in [0.5, 0.6) is 0 Å². The first-order valence-electron chi connectivity index (χ1n) is 8.21. The molecule has 2 atom stereocenters. The lowest BCUT2D eigenvalue weighted by molar-refractivity contribution is 0.179. The molecule has 4 heteroatoms. The van der Waals surface area contributed by atoms with Crippen LogP contribution in [-0.2, 0) is 4.74 Å². The lowest BCUT2D eigenvalue weighted by atomic mass is 9.94. The highest BCUT2D eigenvalue weighted by molar-refractivity contribution is 5.08. The zero-order valence-electron chi connectivity index (χ0n) is 12.3. The van der Waals surface area contributed by atoms with Gasteiger partial charge in [-0.05, 0) is 19.3 Å². The summed E-state index contributed by atoms with van der Waals surface area (Å²) in [5.41, 5.74) is 7.70. The van der Waals surface area contributed by atoms with Gasteiger partial charge in [0.05, 0.1) is 24.7 Å². The number of rotatable bonds is 3. The predicted octanol–water partition coefficient (Wildman–Crippen LogP) is 3.20. The van der Waals surface area contributed by atoms with Crippen molar-refractivity contribution in [3.05, 3.63) is 18.2 Å². The van der Waals surface area contributed by atoms with Gasteiger partial charge in [-0.3, -0.25) is 0 Å². The number of nitrogens with zero attached hydrogens (tertiary/aromatic N) is 2. The smallest absolute Gasteiger partial charge is 0.0951 e. The summed E-state index contributed by atoms with van der Waals surface area (Å²) in [5.74, 6) is 0.457. The van der Waals surface area contributed by atoms with Gasteiger partial charge in [0.1, 0.15) is 0 Å². The fourth-order valence-corrected chi connectivity index (χ4v) is 3.67. The van der Waals surface area contributed by atoms with E-state index in [1.807, 2.05) is 12.5 Å². The Labute approximate surface area is 121 Å². The predicted molar refractivity (Wildman–Crippen MR) is 79.4 cm³/mol. The van der Waals surface area contributed by atoms with Crippen LogP contribution in [0.2, 0.25) is 0 Å². The molecule has 1 saturated carbocycles. The number of aromatic nitrogens is 2. The van der Waals surface area contributed by atoms with E-state index in [9.17, 15) is 0 Å². The second kappa shape index (κ2) is 6.72. The maximum absolute atomic E-state index is 6.48. The lowest BCUT2D eigenvalue weighted by Crippen LogP contribution is -2.26. The summed E-state index contributed by atoms with van der Waals surface area (Å²) in [7, 11) is 0. The number of imidazole rings is 1. The molecule has 1 aliphatic heterocycles. The topological polar surface area (TPSA) is 53.1 Å². The molecule has 0 radical (unpaired) electrons. The fraction of sp³-hybridized carbons (Fsp3) is 0.812. The van der Waals surface area contributed by atoms with Crippen LogP contribution in [0.15, 0.2) is 12.5 Å². The van der Waals surface area contributed by atoms with Crippen LogP contribution in [0, 0.1) is 5.92 Å². The van der Waals surface area contributed by atoms with Crippen molar-refractivity contribution in [2.75, 3.05) is 13.2 Å². The highest BCUT2D eigenvalue weighted by Gasteiger charge is 2.27. The number of hydrogen-bond acceptors (Lipinski definition) is 3. The number of ether oxygens (including phenoxy) is 1. The Morgan fingerprint density at radius 2 is 1.90 bits per heavy atom. The maximum Gasteiger partial charge on any atom is 0.0951 e. The summed E-state index contributed by atoms with van der Waals surface area (Å²) < 4.78 is 7.86. The molecule has 1 aliphatic carbocycles. The SMILES string of the molecule is NC(c1cncn1C1CCCCCCC1)C1CCOC1. The largest absolute Gasteiger partial charge is 0.381 e. The quantitative estimate of drug-likeness (QED) is 0.923. The third-order valence-corrected chi connectivity index (χ3v) is 4.98. The second-order valence-electron chi connectivity index (χ2n) is 6.37. The van der Waals surface area contributed by atoms with Crippen molar-refractivity contribution < 1.29 is 4.74 Å². The average molecular weight is 277 g/mol. The van der Waals surface area contributed by atoms with E-state index in [-0.39, 0.29) is 6.04 Å². The van der Waals surface area contributed by atoms with Crippen molar-refractivity contribution in [3.8, 4) is 0 Å². The van der Waals surface area contributed by atoms with Gasteiger partial charge in [-0.15, -0.1) is 0 Å². The highest BCUT2D eigenvalue weighted by atomic mass is 16.5. The molecule has 0 bridgehead atoms. The summed E-state index contributed by atoms with van der Waals surface area (Å²) in [6, 6.07) is 0.673. The average Bonchev–Trinajstić information content (AvgIpc) is 3.09. The molecule has 2 heterocycles. The van der Waals surface area contributed by atoms with Gasteiger partial charge >= 0.3 is 0 Å². The van der Waals surface area contributed by atoms with Crippen LogP contribution < -0.4 is 5.73 Å². The fourth-order valence-electron chi connectivity index (χ4n) is 3.67. The maximum atomic E-state index is 6.48. The first kappa shape index (κ1) is 14.1. The Hall–Kier alpha value is -0.870. The Balaban J connectivity index is 1.74. The molecule has 1 saturated heterocycles. The second-order valence-corrected chi connectivity index (χ2v) is 6.37. The molecule has 3 rings (SSSR count). The van der Waals surface area contributed by atoms with E-state index in [0.717, 1.165) is 19.6 Å². The Morgan fingerprint density at radius 3 is 2.60 bits per heavy atom. The van der Waals surface area contributed by atoms with E-state index < -0.39 is 0 Å². The van der Waals surface area contributed by atoms with E-state index in [1.165, 1.54) is 50.6 Å². The molecule has 2 N–H and O–H groups in total. The standard InChI is InChI=1S/C16H27N3O/c17-16(13-8-9-20-11-13)15-10-18-12-19(15)14-6-4-2-1-3-5-7-14/h10,12-14,16H,1-9,11,17H2. The zero-order chi connectivity index (χ0) is 13.8. The van der Waals surface area contributed by atoms with Gasteiger partial charge < -0.3 is 15.0 Å². The van der Waals surface area contributed by atoms with E-state index in [0.29, 0.717) is 12.0 Å². The Bertz CT molecular complexity index is 404. The van der Waals surface area contributed by atoms with Crippen molar-refractivity contribution in [1.29, 1.82) is 0 Å². The monoisotopic (exact) mass is 277 g/mol. The third-order valence-electron chi connectivity index (χ3n) is 4.98. The van der Waals surface area contributed by atoms with Gasteiger partial charge in [0.25, 0.3) is 0 Å². The first-order valence-corrected chi connectivity index (χ1v) is 8.21. The van der Waals surface area contributed by atoms with E-state index in [2.05, 4.69) is 9.55 Å². The van der Waals surface area contributed by atoms with E-state index >= 15 is 0 Å². The van der Waals surface area contributed by atoms with Crippen LogP contribution in [0.4, 0.5) is 0 Å². The molecular formula is C16H27N3O. The Morgan fingerprint density at radius 1 is 1.15 bits per heavy atom. The molecule has 1 aromatic rings. The van der Waals surface area contributed by atoms with Gasteiger partial charge in [-0.25, -0.2) is 4.98 Å². The number of nitrogens with two attached hydrogens (primary N) is 1. The summed E-state index contributed by atoms with van der Waals surface area (Å²) in [5, 5.41) is 0. The molecule has 0 spiro atoms. The highest BCUT2D eigenvalue weighted by Crippen LogP contribution is 2.32. The van der Waals surface area contributed by atoms with Gasteiger partial charge in [0.15, 0.2) is 0 Å². The summed E-state index contributed by atoms with van der Waals surface area (Å²) in [6.07, 6.45) is 14.4. The van der Waals surface area contributed by atoms with E-state index in [4.69, 9.17) is 10.5 Å².